The van der Waals surface area contributed by atoms with Crippen LogP contribution in [0.1, 0.15) is 82.6 Å². The lowest BCUT2D eigenvalue weighted by Gasteiger charge is -2.40. The molecule has 1 aromatic rings. The number of aromatic nitrogens is 1. The molecule has 0 unspecified atom stereocenters. The van der Waals surface area contributed by atoms with Crippen molar-refractivity contribution in [3.63, 3.8) is 0 Å². The second-order valence-electron chi connectivity index (χ2n) is 9.27. The van der Waals surface area contributed by atoms with Crippen molar-refractivity contribution in [2.24, 2.45) is 5.92 Å². The molecule has 1 N–H and O–H groups in total. The normalized spacial score (nSPS) is 24.5. The molecule has 6 heteroatoms. The third-order valence-electron chi connectivity index (χ3n) is 6.36. The van der Waals surface area contributed by atoms with Gasteiger partial charge in [0, 0.05) is 25.7 Å². The number of carbonyl (C=O) groups is 1. The standard InChI is InChI=1S/C22H37N3O3/c1-17(2)20-14-19(28-23-20)15-24(3)16-22(27)11-7-12-25(21(22)26)13-10-18-8-5-4-6-9-18/h14,17-18,27H,4-13,15-16H2,1-3H3/t22-/m1/s1. The van der Waals surface area contributed by atoms with Crippen molar-refractivity contribution < 1.29 is 14.4 Å². The molecule has 28 heavy (non-hydrogen) atoms. The quantitative estimate of drug-likeness (QED) is 0.734. The second-order valence-corrected chi connectivity index (χ2v) is 9.27. The summed E-state index contributed by atoms with van der Waals surface area (Å²) in [5, 5.41) is 15.2. The lowest BCUT2D eigenvalue weighted by molar-refractivity contribution is -0.159. The van der Waals surface area contributed by atoms with Crippen molar-refractivity contribution in [3.8, 4) is 0 Å². The number of likely N-dealkylation sites (N-methyl/N-ethyl adjacent to an activating group) is 1. The summed E-state index contributed by atoms with van der Waals surface area (Å²) in [7, 11) is 1.92. The number of hydrogen-bond donors (Lipinski definition) is 1. The summed E-state index contributed by atoms with van der Waals surface area (Å²) in [6.07, 6.45) is 9.07. The first-order chi connectivity index (χ1) is 13.4. The van der Waals surface area contributed by atoms with Gasteiger partial charge in [-0.1, -0.05) is 51.1 Å². The number of piperidine rings is 1. The summed E-state index contributed by atoms with van der Waals surface area (Å²) < 4.78 is 5.40. The van der Waals surface area contributed by atoms with Gasteiger partial charge in [0.05, 0.1) is 12.2 Å². The number of amides is 1. The summed E-state index contributed by atoms with van der Waals surface area (Å²) in [4.78, 5) is 16.9. The molecule has 6 nitrogen and oxygen atoms in total. The van der Waals surface area contributed by atoms with Gasteiger partial charge < -0.3 is 14.5 Å². The monoisotopic (exact) mass is 391 g/mol. The Labute approximate surface area is 169 Å². The molecule has 2 fully saturated rings. The average molecular weight is 392 g/mol. The van der Waals surface area contributed by atoms with Crippen LogP contribution in [0.4, 0.5) is 0 Å². The summed E-state index contributed by atoms with van der Waals surface area (Å²) in [5.74, 6) is 1.75. The van der Waals surface area contributed by atoms with Crippen LogP contribution in [0.2, 0.25) is 0 Å². The minimum Gasteiger partial charge on any atom is -0.379 e. The molecule has 3 rings (SSSR count). The van der Waals surface area contributed by atoms with Gasteiger partial charge in [-0.05, 0) is 38.1 Å². The molecule has 1 aliphatic carbocycles. The van der Waals surface area contributed by atoms with E-state index in [-0.39, 0.29) is 5.91 Å². The van der Waals surface area contributed by atoms with E-state index >= 15 is 0 Å². The lowest BCUT2D eigenvalue weighted by Crippen LogP contribution is -2.58. The molecule has 0 radical (unpaired) electrons. The van der Waals surface area contributed by atoms with Crippen molar-refractivity contribution in [1.29, 1.82) is 0 Å². The Morgan fingerprint density at radius 1 is 1.32 bits per heavy atom. The van der Waals surface area contributed by atoms with Crippen LogP contribution in [0.5, 0.6) is 0 Å². The molecule has 1 saturated carbocycles. The van der Waals surface area contributed by atoms with Crippen LogP contribution in [0.3, 0.4) is 0 Å². The Morgan fingerprint density at radius 3 is 2.75 bits per heavy atom. The smallest absolute Gasteiger partial charge is 0.255 e. The van der Waals surface area contributed by atoms with E-state index in [0.717, 1.165) is 43.3 Å². The Kier molecular flexibility index (Phi) is 7.15. The van der Waals surface area contributed by atoms with Gasteiger partial charge in [0.2, 0.25) is 0 Å². The minimum atomic E-state index is -1.29. The van der Waals surface area contributed by atoms with E-state index in [0.29, 0.717) is 25.4 Å². The zero-order valence-corrected chi connectivity index (χ0v) is 17.8. The molecule has 2 heterocycles. The van der Waals surface area contributed by atoms with Crippen LogP contribution in [0.15, 0.2) is 10.6 Å². The van der Waals surface area contributed by atoms with Gasteiger partial charge in [0.25, 0.3) is 5.91 Å². The summed E-state index contributed by atoms with van der Waals surface area (Å²) in [6, 6.07) is 1.96. The van der Waals surface area contributed by atoms with Gasteiger partial charge in [-0.25, -0.2) is 0 Å². The molecule has 1 aliphatic heterocycles. The van der Waals surface area contributed by atoms with E-state index in [4.69, 9.17) is 4.52 Å². The highest BCUT2D eigenvalue weighted by Crippen LogP contribution is 2.29. The van der Waals surface area contributed by atoms with E-state index in [2.05, 4.69) is 19.0 Å². The molecule has 0 spiro atoms. The molecule has 2 aliphatic rings. The number of aliphatic hydroxyl groups is 1. The van der Waals surface area contributed by atoms with Crippen LogP contribution in [-0.2, 0) is 11.3 Å². The van der Waals surface area contributed by atoms with E-state index in [1.165, 1.54) is 32.1 Å². The van der Waals surface area contributed by atoms with Gasteiger partial charge >= 0.3 is 0 Å². The molecule has 158 valence electrons. The molecule has 1 atom stereocenters. The van der Waals surface area contributed by atoms with Crippen molar-refractivity contribution in [2.75, 3.05) is 26.7 Å². The predicted octanol–water partition coefficient (Wildman–Crippen LogP) is 3.55. The lowest BCUT2D eigenvalue weighted by atomic mass is 9.86. The van der Waals surface area contributed by atoms with E-state index in [1.54, 1.807) is 0 Å². The van der Waals surface area contributed by atoms with Crippen LogP contribution in [-0.4, -0.2) is 58.3 Å². The van der Waals surface area contributed by atoms with Crippen LogP contribution >= 0.6 is 0 Å². The first kappa shape index (κ1) is 21.3. The van der Waals surface area contributed by atoms with Gasteiger partial charge in [-0.3, -0.25) is 9.69 Å². The number of nitrogens with zero attached hydrogens (tertiary/aromatic N) is 3. The number of carbonyl (C=O) groups excluding carboxylic acids is 1. The molecule has 1 amide bonds. The first-order valence-corrected chi connectivity index (χ1v) is 11.0. The van der Waals surface area contributed by atoms with Crippen LogP contribution in [0, 0.1) is 5.92 Å². The number of hydrogen-bond acceptors (Lipinski definition) is 5. The Morgan fingerprint density at radius 2 is 2.07 bits per heavy atom. The molecular weight excluding hydrogens is 354 g/mol. The Bertz CT molecular complexity index is 639. The maximum Gasteiger partial charge on any atom is 0.255 e. The van der Waals surface area contributed by atoms with Crippen LogP contribution < -0.4 is 0 Å². The van der Waals surface area contributed by atoms with Crippen molar-refractivity contribution in [2.45, 2.75) is 83.3 Å². The largest absolute Gasteiger partial charge is 0.379 e. The first-order valence-electron chi connectivity index (χ1n) is 11.0. The number of likely N-dealkylation sites (tertiary alicyclic amines) is 1. The van der Waals surface area contributed by atoms with E-state index < -0.39 is 5.60 Å². The highest BCUT2D eigenvalue weighted by atomic mass is 16.5. The maximum atomic E-state index is 13.0. The molecule has 0 aromatic carbocycles. The zero-order valence-electron chi connectivity index (χ0n) is 17.8. The fourth-order valence-electron chi connectivity index (χ4n) is 4.68. The van der Waals surface area contributed by atoms with Crippen molar-refractivity contribution in [1.82, 2.24) is 15.0 Å². The molecule has 1 saturated heterocycles. The summed E-state index contributed by atoms with van der Waals surface area (Å²) in [5.41, 5.74) is -0.356. The third kappa shape index (κ3) is 5.35. The van der Waals surface area contributed by atoms with Gasteiger partial charge in [-0.15, -0.1) is 0 Å². The fraction of sp³-hybridized carbons (Fsp3) is 0.818. The Hall–Kier alpha value is -1.40. The second kappa shape index (κ2) is 9.40. The molecule has 1 aromatic heterocycles. The Balaban J connectivity index is 1.52. The van der Waals surface area contributed by atoms with Crippen molar-refractivity contribution >= 4 is 5.91 Å². The fourth-order valence-corrected chi connectivity index (χ4v) is 4.68. The van der Waals surface area contributed by atoms with Gasteiger partial charge in [0.1, 0.15) is 0 Å². The van der Waals surface area contributed by atoms with Crippen LogP contribution in [0.25, 0.3) is 0 Å². The molecular formula is C22H37N3O3. The highest BCUT2D eigenvalue weighted by molar-refractivity contribution is 5.86. The average Bonchev–Trinajstić information content (AvgIpc) is 3.12. The molecule has 0 bridgehead atoms. The SMILES string of the molecule is CC(C)c1cc(CN(C)C[C@]2(O)CCCN(CCC3CCCCC3)C2=O)on1. The minimum absolute atomic E-state index is 0.0955. The van der Waals surface area contributed by atoms with E-state index in [1.807, 2.05) is 22.9 Å². The predicted molar refractivity (Wildman–Crippen MR) is 109 cm³/mol. The van der Waals surface area contributed by atoms with Gasteiger partial charge in [-0.2, -0.15) is 0 Å². The summed E-state index contributed by atoms with van der Waals surface area (Å²) >= 11 is 0. The summed E-state index contributed by atoms with van der Waals surface area (Å²) in [6.45, 7) is 6.58. The topological polar surface area (TPSA) is 69.8 Å². The maximum absolute atomic E-state index is 13.0. The zero-order chi connectivity index (χ0) is 20.1. The van der Waals surface area contributed by atoms with E-state index in [9.17, 15) is 9.90 Å². The third-order valence-corrected chi connectivity index (χ3v) is 6.36. The number of rotatable bonds is 8. The van der Waals surface area contributed by atoms with Gasteiger partial charge in [0.15, 0.2) is 11.4 Å². The van der Waals surface area contributed by atoms with Crippen molar-refractivity contribution in [3.05, 3.63) is 17.5 Å². The highest BCUT2D eigenvalue weighted by Gasteiger charge is 2.42.